The molecule has 0 spiro atoms. The molecule has 3 atom stereocenters. The van der Waals surface area contributed by atoms with Gasteiger partial charge in [0.2, 0.25) is 11.8 Å². The molecule has 3 unspecified atom stereocenters. The number of carboxylic acid groups (broad SMARTS) is 1. The largest absolute Gasteiger partial charge is 0.480 e. The Kier molecular flexibility index (Phi) is 6.10. The minimum atomic E-state index is -1.15. The Balaban J connectivity index is 2.43. The maximum atomic E-state index is 11.8. The zero-order chi connectivity index (χ0) is 14.4. The molecule has 0 aromatic heterocycles. The first-order valence-electron chi connectivity index (χ1n) is 6.13. The lowest BCUT2D eigenvalue weighted by atomic mass is 10.2. The fourth-order valence-electron chi connectivity index (χ4n) is 1.77. The van der Waals surface area contributed by atoms with Crippen molar-refractivity contribution >= 4 is 30.4 Å². The van der Waals surface area contributed by atoms with E-state index in [0.717, 1.165) is 19.4 Å². The number of carbonyl (C=O) groups excluding carboxylic acids is 2. The number of carboxylic acids is 1. The summed E-state index contributed by atoms with van der Waals surface area (Å²) in [6.07, 6.45) is 1.67. The number of hydrogen-bond acceptors (Lipinski definition) is 5. The summed E-state index contributed by atoms with van der Waals surface area (Å²) in [5.41, 5.74) is 0. The van der Waals surface area contributed by atoms with Crippen molar-refractivity contribution in [3.63, 3.8) is 0 Å². The van der Waals surface area contributed by atoms with E-state index < -0.39 is 24.0 Å². The summed E-state index contributed by atoms with van der Waals surface area (Å²) in [5.74, 6) is -1.93. The van der Waals surface area contributed by atoms with Crippen molar-refractivity contribution in [3.05, 3.63) is 0 Å². The van der Waals surface area contributed by atoms with Gasteiger partial charge < -0.3 is 21.1 Å². The van der Waals surface area contributed by atoms with Gasteiger partial charge in [0.05, 0.1) is 6.04 Å². The van der Waals surface area contributed by atoms with Crippen LogP contribution in [0.4, 0.5) is 0 Å². The number of carbonyl (C=O) groups is 3. The molecule has 0 aromatic carbocycles. The predicted octanol–water partition coefficient (Wildman–Crippen LogP) is -1.26. The molecule has 1 rings (SSSR count). The van der Waals surface area contributed by atoms with Crippen molar-refractivity contribution in [1.82, 2.24) is 16.0 Å². The van der Waals surface area contributed by atoms with E-state index in [1.807, 2.05) is 0 Å². The molecule has 0 saturated carbocycles. The Morgan fingerprint density at radius 1 is 1.42 bits per heavy atom. The first-order chi connectivity index (χ1) is 8.95. The molecule has 108 valence electrons. The fraction of sp³-hybridized carbons (Fsp3) is 0.727. The molecule has 19 heavy (non-hydrogen) atoms. The highest BCUT2D eigenvalue weighted by molar-refractivity contribution is 7.80. The standard InChI is InChI=1S/C11H19N3O4S/c1-6(9(15)14-8(5-19)11(17)18)13-10(16)7-3-2-4-12-7/h6-8,12,19H,2-5H2,1H3,(H,13,16)(H,14,15)(H,17,18). The van der Waals surface area contributed by atoms with E-state index >= 15 is 0 Å². The molecule has 2 amide bonds. The summed E-state index contributed by atoms with van der Waals surface area (Å²) in [6, 6.07) is -2.10. The smallest absolute Gasteiger partial charge is 0.327 e. The first-order valence-corrected chi connectivity index (χ1v) is 6.76. The van der Waals surface area contributed by atoms with Gasteiger partial charge in [-0.15, -0.1) is 0 Å². The molecule has 7 nitrogen and oxygen atoms in total. The minimum Gasteiger partial charge on any atom is -0.480 e. The van der Waals surface area contributed by atoms with Gasteiger partial charge in [0, 0.05) is 5.75 Å². The van der Waals surface area contributed by atoms with Gasteiger partial charge in [-0.2, -0.15) is 12.6 Å². The van der Waals surface area contributed by atoms with E-state index in [9.17, 15) is 14.4 Å². The maximum absolute atomic E-state index is 11.8. The number of hydrogen-bond donors (Lipinski definition) is 5. The molecule has 0 bridgehead atoms. The molecule has 0 aliphatic carbocycles. The predicted molar refractivity (Wildman–Crippen MR) is 72.0 cm³/mol. The van der Waals surface area contributed by atoms with Gasteiger partial charge >= 0.3 is 5.97 Å². The van der Waals surface area contributed by atoms with Crippen molar-refractivity contribution in [1.29, 1.82) is 0 Å². The van der Waals surface area contributed by atoms with Crippen LogP contribution < -0.4 is 16.0 Å². The Bertz CT molecular complexity index is 358. The van der Waals surface area contributed by atoms with Crippen LogP contribution >= 0.6 is 12.6 Å². The van der Waals surface area contributed by atoms with E-state index in [-0.39, 0.29) is 17.7 Å². The van der Waals surface area contributed by atoms with Gasteiger partial charge in [0.25, 0.3) is 0 Å². The minimum absolute atomic E-state index is 0.00802. The second-order valence-electron chi connectivity index (χ2n) is 4.46. The third-order valence-electron chi connectivity index (χ3n) is 2.93. The van der Waals surface area contributed by atoms with Crippen LogP contribution in [0.2, 0.25) is 0 Å². The second-order valence-corrected chi connectivity index (χ2v) is 4.83. The van der Waals surface area contributed by atoms with Gasteiger partial charge in [0.15, 0.2) is 0 Å². The summed E-state index contributed by atoms with van der Waals surface area (Å²) < 4.78 is 0. The van der Waals surface area contributed by atoms with Crippen LogP contribution in [-0.4, -0.2) is 53.3 Å². The summed E-state index contributed by atoms with van der Waals surface area (Å²) >= 11 is 3.85. The SMILES string of the molecule is CC(NC(=O)C1CCCN1)C(=O)NC(CS)C(=O)O. The van der Waals surface area contributed by atoms with Crippen LogP contribution in [0.1, 0.15) is 19.8 Å². The lowest BCUT2D eigenvalue weighted by molar-refractivity contribution is -0.141. The average molecular weight is 289 g/mol. The highest BCUT2D eigenvalue weighted by Gasteiger charge is 2.26. The Hall–Kier alpha value is -1.28. The zero-order valence-electron chi connectivity index (χ0n) is 10.7. The third-order valence-corrected chi connectivity index (χ3v) is 3.29. The summed E-state index contributed by atoms with van der Waals surface area (Å²) in [7, 11) is 0. The molecule has 1 aliphatic heterocycles. The highest BCUT2D eigenvalue weighted by atomic mass is 32.1. The number of nitrogens with one attached hydrogen (secondary N) is 3. The van der Waals surface area contributed by atoms with Crippen LogP contribution in [0.25, 0.3) is 0 Å². The molecular formula is C11H19N3O4S. The van der Waals surface area contributed by atoms with E-state index in [2.05, 4.69) is 28.6 Å². The van der Waals surface area contributed by atoms with Crippen LogP contribution in [0.5, 0.6) is 0 Å². The molecule has 8 heteroatoms. The van der Waals surface area contributed by atoms with Crippen LogP contribution in [-0.2, 0) is 14.4 Å². The Morgan fingerprint density at radius 3 is 2.58 bits per heavy atom. The fourth-order valence-corrected chi connectivity index (χ4v) is 2.02. The molecule has 1 heterocycles. The van der Waals surface area contributed by atoms with E-state index in [1.165, 1.54) is 6.92 Å². The lowest BCUT2D eigenvalue weighted by Gasteiger charge is -2.19. The second kappa shape index (κ2) is 7.34. The van der Waals surface area contributed by atoms with Crippen molar-refractivity contribution in [2.45, 2.75) is 37.9 Å². The molecule has 0 aromatic rings. The van der Waals surface area contributed by atoms with E-state index in [4.69, 9.17) is 5.11 Å². The highest BCUT2D eigenvalue weighted by Crippen LogP contribution is 2.05. The normalized spacial score (nSPS) is 21.5. The van der Waals surface area contributed by atoms with Crippen LogP contribution in [0.15, 0.2) is 0 Å². The topological polar surface area (TPSA) is 108 Å². The van der Waals surface area contributed by atoms with Crippen molar-refractivity contribution in [2.24, 2.45) is 0 Å². The zero-order valence-corrected chi connectivity index (χ0v) is 11.6. The van der Waals surface area contributed by atoms with Gasteiger partial charge in [-0.05, 0) is 26.3 Å². The van der Waals surface area contributed by atoms with Gasteiger partial charge in [0.1, 0.15) is 12.1 Å². The van der Waals surface area contributed by atoms with E-state index in [1.54, 1.807) is 0 Å². The molecule has 1 aliphatic rings. The number of thiol groups is 1. The van der Waals surface area contributed by atoms with Crippen molar-refractivity contribution in [2.75, 3.05) is 12.3 Å². The van der Waals surface area contributed by atoms with Gasteiger partial charge in [-0.25, -0.2) is 4.79 Å². The van der Waals surface area contributed by atoms with Gasteiger partial charge in [-0.3, -0.25) is 9.59 Å². The number of aliphatic carboxylic acids is 1. The Morgan fingerprint density at radius 2 is 2.11 bits per heavy atom. The number of amides is 2. The van der Waals surface area contributed by atoms with Crippen LogP contribution in [0, 0.1) is 0 Å². The van der Waals surface area contributed by atoms with Crippen LogP contribution in [0.3, 0.4) is 0 Å². The summed E-state index contributed by atoms with van der Waals surface area (Å²) in [4.78, 5) is 34.2. The molecule has 1 saturated heterocycles. The number of rotatable bonds is 6. The lowest BCUT2D eigenvalue weighted by Crippen LogP contribution is -2.53. The maximum Gasteiger partial charge on any atom is 0.327 e. The molecule has 0 radical (unpaired) electrons. The summed E-state index contributed by atoms with van der Waals surface area (Å²) in [6.45, 7) is 2.30. The monoisotopic (exact) mass is 289 g/mol. The van der Waals surface area contributed by atoms with Crippen molar-refractivity contribution < 1.29 is 19.5 Å². The van der Waals surface area contributed by atoms with Crippen molar-refractivity contribution in [3.8, 4) is 0 Å². The summed E-state index contributed by atoms with van der Waals surface area (Å²) in [5, 5.41) is 16.7. The molecular weight excluding hydrogens is 270 g/mol. The first kappa shape index (κ1) is 15.8. The van der Waals surface area contributed by atoms with E-state index in [0.29, 0.717) is 0 Å². The third kappa shape index (κ3) is 4.71. The molecule has 4 N–H and O–H groups in total. The Labute approximate surface area is 116 Å². The van der Waals surface area contributed by atoms with Gasteiger partial charge in [-0.1, -0.05) is 0 Å². The molecule has 1 fully saturated rings. The quantitative estimate of drug-likeness (QED) is 0.392. The average Bonchev–Trinajstić information content (AvgIpc) is 2.88.